The molecule has 0 heterocycles. The van der Waals surface area contributed by atoms with E-state index in [2.05, 4.69) is 4.74 Å². The number of benzene rings is 1. The van der Waals surface area contributed by atoms with Crippen molar-refractivity contribution in [1.82, 2.24) is 0 Å². The van der Waals surface area contributed by atoms with Gasteiger partial charge in [0.2, 0.25) is 0 Å². The van der Waals surface area contributed by atoms with E-state index in [1.54, 1.807) is 12.1 Å². The van der Waals surface area contributed by atoms with Gasteiger partial charge in [0.15, 0.2) is 11.5 Å². The molecule has 1 aromatic carbocycles. The fraction of sp³-hybridized carbons (Fsp3) is 0.0909. The zero-order chi connectivity index (χ0) is 13.8. The van der Waals surface area contributed by atoms with Gasteiger partial charge in [-0.1, -0.05) is 6.07 Å². The molecule has 0 unspecified atom stereocenters. The van der Waals surface area contributed by atoms with Crippen LogP contribution in [0.25, 0.3) is 6.08 Å². The summed E-state index contributed by atoms with van der Waals surface area (Å²) in [6.45, 7) is 0. The lowest BCUT2D eigenvalue weighted by Gasteiger charge is -2.10. The van der Waals surface area contributed by atoms with Crippen molar-refractivity contribution in [2.75, 3.05) is 0 Å². The standard InChI is InChI=1S/C11H5F3N2O2/c12-11(13,14)18-10-4-7(1-2-9(10)17)3-8(5-15)6-16/h1-4,17H. The molecule has 1 rings (SSSR count). The van der Waals surface area contributed by atoms with E-state index in [-0.39, 0.29) is 11.1 Å². The second kappa shape index (κ2) is 5.11. The van der Waals surface area contributed by atoms with Crippen LogP contribution in [-0.2, 0) is 0 Å². The van der Waals surface area contributed by atoms with E-state index in [0.717, 1.165) is 18.2 Å². The first-order valence-corrected chi connectivity index (χ1v) is 4.46. The Hall–Kier alpha value is -2.67. The van der Waals surface area contributed by atoms with Crippen LogP contribution in [0.5, 0.6) is 11.5 Å². The highest BCUT2D eigenvalue weighted by atomic mass is 19.4. The van der Waals surface area contributed by atoms with Crippen LogP contribution in [0.15, 0.2) is 23.8 Å². The number of hydrogen-bond acceptors (Lipinski definition) is 4. The third-order valence-electron chi connectivity index (χ3n) is 1.76. The Morgan fingerprint density at radius 3 is 2.39 bits per heavy atom. The second-order valence-electron chi connectivity index (χ2n) is 3.06. The van der Waals surface area contributed by atoms with Crippen LogP contribution in [0.3, 0.4) is 0 Å². The summed E-state index contributed by atoms with van der Waals surface area (Å²) in [7, 11) is 0. The number of nitrogens with zero attached hydrogens (tertiary/aromatic N) is 2. The maximum Gasteiger partial charge on any atom is 0.573 e. The Labute approximate surface area is 99.8 Å². The van der Waals surface area contributed by atoms with Gasteiger partial charge in [-0.3, -0.25) is 0 Å². The van der Waals surface area contributed by atoms with Crippen LogP contribution in [0.4, 0.5) is 13.2 Å². The van der Waals surface area contributed by atoms with Crippen molar-refractivity contribution in [3.63, 3.8) is 0 Å². The van der Waals surface area contributed by atoms with Crippen molar-refractivity contribution in [3.05, 3.63) is 29.3 Å². The van der Waals surface area contributed by atoms with Crippen LogP contribution in [0, 0.1) is 22.7 Å². The smallest absolute Gasteiger partial charge is 0.504 e. The van der Waals surface area contributed by atoms with Crippen LogP contribution in [0.1, 0.15) is 5.56 Å². The van der Waals surface area contributed by atoms with Crippen LogP contribution >= 0.6 is 0 Å². The van der Waals surface area contributed by atoms with E-state index in [0.29, 0.717) is 0 Å². The molecular formula is C11H5F3N2O2. The summed E-state index contributed by atoms with van der Waals surface area (Å²) in [6.07, 6.45) is -3.87. The fourth-order valence-electron chi connectivity index (χ4n) is 1.08. The number of alkyl halides is 3. The van der Waals surface area contributed by atoms with Crippen molar-refractivity contribution < 1.29 is 23.0 Å². The molecule has 18 heavy (non-hydrogen) atoms. The average Bonchev–Trinajstić information content (AvgIpc) is 2.28. The summed E-state index contributed by atoms with van der Waals surface area (Å²) in [5, 5.41) is 26.2. The number of aromatic hydroxyl groups is 1. The zero-order valence-electron chi connectivity index (χ0n) is 8.69. The number of ether oxygens (including phenoxy) is 1. The maximum atomic E-state index is 12.0. The first kappa shape index (κ1) is 13.4. The highest BCUT2D eigenvalue weighted by Gasteiger charge is 2.32. The molecule has 0 aliphatic heterocycles. The number of nitriles is 2. The number of halogens is 3. The van der Waals surface area contributed by atoms with Crippen molar-refractivity contribution >= 4 is 6.08 Å². The first-order chi connectivity index (χ1) is 8.35. The Morgan fingerprint density at radius 1 is 1.28 bits per heavy atom. The lowest BCUT2D eigenvalue weighted by Crippen LogP contribution is -2.17. The van der Waals surface area contributed by atoms with Gasteiger partial charge < -0.3 is 9.84 Å². The Balaban J connectivity index is 3.14. The van der Waals surface area contributed by atoms with Gasteiger partial charge in [-0.25, -0.2) is 0 Å². The van der Waals surface area contributed by atoms with Gasteiger partial charge >= 0.3 is 6.36 Å². The molecule has 0 amide bonds. The number of phenols is 1. The van der Waals surface area contributed by atoms with Crippen LogP contribution in [-0.4, -0.2) is 11.5 Å². The normalized spacial score (nSPS) is 10.1. The van der Waals surface area contributed by atoms with Gasteiger partial charge in [0.1, 0.15) is 17.7 Å². The molecule has 0 saturated carbocycles. The SMILES string of the molecule is N#CC(C#N)=Cc1ccc(O)c(OC(F)(F)F)c1. The minimum atomic E-state index is -4.94. The van der Waals surface area contributed by atoms with Gasteiger partial charge in [0, 0.05) is 0 Å². The molecule has 4 nitrogen and oxygen atoms in total. The van der Waals surface area contributed by atoms with E-state index in [1.165, 1.54) is 6.07 Å². The minimum absolute atomic E-state index is 0.130. The second-order valence-corrected chi connectivity index (χ2v) is 3.06. The summed E-state index contributed by atoms with van der Waals surface area (Å²) >= 11 is 0. The van der Waals surface area contributed by atoms with Crippen LogP contribution in [0.2, 0.25) is 0 Å². The molecule has 7 heteroatoms. The van der Waals surface area contributed by atoms with E-state index in [4.69, 9.17) is 10.5 Å². The molecule has 0 aromatic heterocycles. The van der Waals surface area contributed by atoms with Gasteiger partial charge in [-0.05, 0) is 23.8 Å². The predicted molar refractivity (Wildman–Crippen MR) is 54.0 cm³/mol. The predicted octanol–water partition coefficient (Wildman–Crippen LogP) is 2.72. The number of rotatable bonds is 2. The molecule has 0 spiro atoms. The summed E-state index contributed by atoms with van der Waals surface area (Å²) in [5.41, 5.74) is -0.149. The summed E-state index contributed by atoms with van der Waals surface area (Å²) < 4.78 is 39.6. The average molecular weight is 254 g/mol. The molecule has 92 valence electrons. The maximum absolute atomic E-state index is 12.0. The third kappa shape index (κ3) is 3.72. The molecule has 0 radical (unpaired) electrons. The molecule has 0 bridgehead atoms. The number of phenolic OH excluding ortho intramolecular Hbond substituents is 1. The Kier molecular flexibility index (Phi) is 3.80. The molecule has 1 N–H and O–H groups in total. The Bertz CT molecular complexity index is 549. The molecule has 0 saturated heterocycles. The van der Waals surface area contributed by atoms with Crippen LogP contribution < -0.4 is 4.74 Å². The van der Waals surface area contributed by atoms with Crippen molar-refractivity contribution in [1.29, 1.82) is 10.5 Å². The van der Waals surface area contributed by atoms with E-state index < -0.39 is 17.9 Å². The third-order valence-corrected chi connectivity index (χ3v) is 1.76. The molecular weight excluding hydrogens is 249 g/mol. The molecule has 0 atom stereocenters. The number of allylic oxidation sites excluding steroid dienone is 1. The van der Waals surface area contributed by atoms with E-state index in [9.17, 15) is 18.3 Å². The monoisotopic (exact) mass is 254 g/mol. The van der Waals surface area contributed by atoms with E-state index >= 15 is 0 Å². The van der Waals surface area contributed by atoms with Crippen molar-refractivity contribution in [2.45, 2.75) is 6.36 Å². The topological polar surface area (TPSA) is 77.0 Å². The van der Waals surface area contributed by atoms with E-state index in [1.807, 2.05) is 0 Å². The van der Waals surface area contributed by atoms with Crippen molar-refractivity contribution in [2.24, 2.45) is 0 Å². The van der Waals surface area contributed by atoms with Gasteiger partial charge in [-0.15, -0.1) is 13.2 Å². The number of hydrogen-bond donors (Lipinski definition) is 1. The quantitative estimate of drug-likeness (QED) is 0.823. The minimum Gasteiger partial charge on any atom is -0.504 e. The molecule has 1 aromatic rings. The molecule has 0 fully saturated rings. The molecule has 0 aliphatic carbocycles. The summed E-state index contributed by atoms with van der Waals surface area (Å²) in [5.74, 6) is -1.49. The van der Waals surface area contributed by atoms with Gasteiger partial charge in [-0.2, -0.15) is 10.5 Å². The first-order valence-electron chi connectivity index (χ1n) is 4.46. The molecule has 0 aliphatic rings. The Morgan fingerprint density at radius 2 is 1.89 bits per heavy atom. The lowest BCUT2D eigenvalue weighted by atomic mass is 10.1. The fourth-order valence-corrected chi connectivity index (χ4v) is 1.08. The lowest BCUT2D eigenvalue weighted by molar-refractivity contribution is -0.275. The highest BCUT2D eigenvalue weighted by molar-refractivity contribution is 5.64. The van der Waals surface area contributed by atoms with Crippen molar-refractivity contribution in [3.8, 4) is 23.6 Å². The zero-order valence-corrected chi connectivity index (χ0v) is 8.69. The summed E-state index contributed by atoms with van der Waals surface area (Å²) in [6, 6.07) is 6.20. The van der Waals surface area contributed by atoms with Gasteiger partial charge in [0.05, 0.1) is 0 Å². The summed E-state index contributed by atoms with van der Waals surface area (Å²) in [4.78, 5) is 0. The van der Waals surface area contributed by atoms with Gasteiger partial charge in [0.25, 0.3) is 0 Å². The largest absolute Gasteiger partial charge is 0.573 e. The highest BCUT2D eigenvalue weighted by Crippen LogP contribution is 2.32.